The molecule has 3 rings (SSSR count). The summed E-state index contributed by atoms with van der Waals surface area (Å²) in [6.07, 6.45) is 7.84. The number of hydrogen-bond acceptors (Lipinski definition) is 4. The molecule has 0 atom stereocenters. The molecule has 3 aromatic rings. The van der Waals surface area contributed by atoms with E-state index in [4.69, 9.17) is 9.47 Å². The van der Waals surface area contributed by atoms with Gasteiger partial charge in [-0.05, 0) is 97.3 Å². The highest BCUT2D eigenvalue weighted by Crippen LogP contribution is 2.37. The van der Waals surface area contributed by atoms with Crippen LogP contribution in [0.4, 0.5) is 17.1 Å². The summed E-state index contributed by atoms with van der Waals surface area (Å²) in [5.74, 6) is 1.66. The molecule has 0 aliphatic carbocycles. The maximum atomic E-state index is 5.35. The third-order valence-electron chi connectivity index (χ3n) is 5.26. The molecular formula is C28H30N2O2. The lowest BCUT2D eigenvalue weighted by atomic mass is 9.99. The zero-order chi connectivity index (χ0) is 22.9. The molecule has 4 nitrogen and oxygen atoms in total. The lowest BCUT2D eigenvalue weighted by Gasteiger charge is -2.27. The van der Waals surface area contributed by atoms with Crippen molar-refractivity contribution in [2.75, 3.05) is 26.2 Å². The maximum Gasteiger partial charge on any atom is 0.119 e. The van der Waals surface area contributed by atoms with Gasteiger partial charge in [0.1, 0.15) is 11.5 Å². The van der Waals surface area contributed by atoms with Crippen LogP contribution >= 0.6 is 0 Å². The van der Waals surface area contributed by atoms with Crippen LogP contribution < -0.4 is 14.4 Å². The number of hydrogen-bond donors (Lipinski definition) is 0. The Morgan fingerprint density at radius 1 is 0.781 bits per heavy atom. The molecule has 0 heterocycles. The van der Waals surface area contributed by atoms with E-state index in [1.165, 1.54) is 16.7 Å². The molecule has 0 radical (unpaired) electrons. The van der Waals surface area contributed by atoms with Crippen molar-refractivity contribution >= 4 is 28.8 Å². The molecule has 0 saturated heterocycles. The second-order valence-electron chi connectivity index (χ2n) is 7.37. The van der Waals surface area contributed by atoms with Crippen molar-refractivity contribution in [1.82, 2.24) is 0 Å². The first kappa shape index (κ1) is 22.9. The SMILES string of the molecule is C/N=C/C=C\C=C(/C)c1cc(N(c2ccc(OC)cc2)c2ccc(OC)cc2)ccc1C. The topological polar surface area (TPSA) is 34.1 Å². The fourth-order valence-corrected chi connectivity index (χ4v) is 3.51. The van der Waals surface area contributed by atoms with Gasteiger partial charge < -0.3 is 14.4 Å². The minimum atomic E-state index is 0.828. The lowest BCUT2D eigenvalue weighted by Crippen LogP contribution is -2.10. The molecule has 3 aromatic carbocycles. The minimum absolute atomic E-state index is 0.828. The molecular weight excluding hydrogens is 396 g/mol. The van der Waals surface area contributed by atoms with Crippen LogP contribution in [-0.2, 0) is 0 Å². The van der Waals surface area contributed by atoms with Gasteiger partial charge in [-0.15, -0.1) is 0 Å². The average molecular weight is 427 g/mol. The van der Waals surface area contributed by atoms with E-state index in [9.17, 15) is 0 Å². The minimum Gasteiger partial charge on any atom is -0.497 e. The summed E-state index contributed by atoms with van der Waals surface area (Å²) >= 11 is 0. The molecule has 0 aliphatic heterocycles. The zero-order valence-corrected chi connectivity index (χ0v) is 19.4. The van der Waals surface area contributed by atoms with Crippen LogP contribution in [0.3, 0.4) is 0 Å². The Bertz CT molecular complexity index is 1060. The molecule has 0 aromatic heterocycles. The number of methoxy groups -OCH3 is 2. The van der Waals surface area contributed by atoms with Crippen LogP contribution in [0, 0.1) is 6.92 Å². The van der Waals surface area contributed by atoms with Crippen LogP contribution in [0.2, 0.25) is 0 Å². The number of aryl methyl sites for hydroxylation is 1. The van der Waals surface area contributed by atoms with Crippen LogP contribution in [0.1, 0.15) is 18.1 Å². The molecule has 0 saturated carbocycles. The Labute approximate surface area is 191 Å². The second kappa shape index (κ2) is 11.0. The van der Waals surface area contributed by atoms with Gasteiger partial charge in [0.15, 0.2) is 0 Å². The monoisotopic (exact) mass is 426 g/mol. The summed E-state index contributed by atoms with van der Waals surface area (Å²) in [6.45, 7) is 4.27. The van der Waals surface area contributed by atoms with Gasteiger partial charge in [-0.3, -0.25) is 4.99 Å². The zero-order valence-electron chi connectivity index (χ0n) is 19.4. The standard InChI is InChI=1S/C28H30N2O2/c1-21(8-6-7-19-29-3)28-20-25(10-9-22(28)2)30(23-11-15-26(31-4)16-12-23)24-13-17-27(32-5)18-14-24/h6-20H,1-5H3/b7-6-,21-8+,29-19+. The van der Waals surface area contributed by atoms with Gasteiger partial charge in [-0.1, -0.05) is 18.2 Å². The Hall–Kier alpha value is -3.79. The van der Waals surface area contributed by atoms with E-state index in [0.29, 0.717) is 0 Å². The average Bonchev–Trinajstić information content (AvgIpc) is 2.83. The highest BCUT2D eigenvalue weighted by Gasteiger charge is 2.14. The van der Waals surface area contributed by atoms with Crippen LogP contribution in [-0.4, -0.2) is 27.5 Å². The third-order valence-corrected chi connectivity index (χ3v) is 5.26. The van der Waals surface area contributed by atoms with Gasteiger partial charge in [-0.2, -0.15) is 0 Å². The highest BCUT2D eigenvalue weighted by atomic mass is 16.5. The Morgan fingerprint density at radius 2 is 1.31 bits per heavy atom. The molecule has 0 bridgehead atoms. The number of nitrogens with zero attached hydrogens (tertiary/aromatic N) is 2. The van der Waals surface area contributed by atoms with Crippen LogP contribution in [0.15, 0.2) is 90.0 Å². The molecule has 0 amide bonds. The summed E-state index contributed by atoms with van der Waals surface area (Å²) < 4.78 is 10.7. The van der Waals surface area contributed by atoms with Crippen molar-refractivity contribution in [3.8, 4) is 11.5 Å². The molecule has 0 fully saturated rings. The summed E-state index contributed by atoms with van der Waals surface area (Å²) in [5.41, 5.74) is 6.79. The van der Waals surface area contributed by atoms with E-state index in [1.807, 2.05) is 36.4 Å². The van der Waals surface area contributed by atoms with Crippen molar-refractivity contribution in [2.24, 2.45) is 4.99 Å². The first-order chi connectivity index (χ1) is 15.6. The molecule has 4 heteroatoms. The van der Waals surface area contributed by atoms with E-state index >= 15 is 0 Å². The van der Waals surface area contributed by atoms with Gasteiger partial charge in [-0.25, -0.2) is 0 Å². The largest absolute Gasteiger partial charge is 0.497 e. The Morgan fingerprint density at radius 3 is 1.81 bits per heavy atom. The van der Waals surface area contributed by atoms with E-state index < -0.39 is 0 Å². The molecule has 0 N–H and O–H groups in total. The Kier molecular flexibility index (Phi) is 7.87. The summed E-state index contributed by atoms with van der Waals surface area (Å²) in [4.78, 5) is 6.22. The number of anilines is 3. The number of ether oxygens (including phenoxy) is 2. The number of aliphatic imine (C=N–C) groups is 1. The van der Waals surface area contributed by atoms with E-state index in [2.05, 4.69) is 72.3 Å². The fourth-order valence-electron chi connectivity index (χ4n) is 3.51. The van der Waals surface area contributed by atoms with Gasteiger partial charge in [0.05, 0.1) is 14.2 Å². The van der Waals surface area contributed by atoms with Crippen molar-refractivity contribution in [1.29, 1.82) is 0 Å². The number of allylic oxidation sites excluding steroid dienone is 4. The van der Waals surface area contributed by atoms with Gasteiger partial charge in [0.2, 0.25) is 0 Å². The van der Waals surface area contributed by atoms with Crippen molar-refractivity contribution in [3.05, 3.63) is 96.1 Å². The first-order valence-corrected chi connectivity index (χ1v) is 10.5. The molecule has 0 spiro atoms. The van der Waals surface area contributed by atoms with Crippen LogP contribution in [0.5, 0.6) is 11.5 Å². The van der Waals surface area contributed by atoms with Gasteiger partial charge in [0.25, 0.3) is 0 Å². The molecule has 164 valence electrons. The number of rotatable bonds is 8. The van der Waals surface area contributed by atoms with E-state index in [0.717, 1.165) is 28.6 Å². The van der Waals surface area contributed by atoms with E-state index in [1.54, 1.807) is 27.5 Å². The fraction of sp³-hybridized carbons (Fsp3) is 0.179. The van der Waals surface area contributed by atoms with Crippen LogP contribution in [0.25, 0.3) is 5.57 Å². The first-order valence-electron chi connectivity index (χ1n) is 10.5. The molecule has 0 unspecified atom stereocenters. The predicted molar refractivity (Wildman–Crippen MR) is 136 cm³/mol. The van der Waals surface area contributed by atoms with Gasteiger partial charge >= 0.3 is 0 Å². The van der Waals surface area contributed by atoms with Crippen molar-refractivity contribution in [2.45, 2.75) is 13.8 Å². The molecule has 32 heavy (non-hydrogen) atoms. The summed E-state index contributed by atoms with van der Waals surface area (Å²) in [6, 6.07) is 22.7. The van der Waals surface area contributed by atoms with E-state index in [-0.39, 0.29) is 0 Å². The van der Waals surface area contributed by atoms with Gasteiger partial charge in [0, 0.05) is 30.3 Å². The third kappa shape index (κ3) is 5.46. The lowest BCUT2D eigenvalue weighted by molar-refractivity contribution is 0.415. The normalized spacial score (nSPS) is 11.8. The predicted octanol–water partition coefficient (Wildman–Crippen LogP) is 7.14. The smallest absolute Gasteiger partial charge is 0.119 e. The highest BCUT2D eigenvalue weighted by molar-refractivity contribution is 5.81. The maximum absolute atomic E-state index is 5.35. The Balaban J connectivity index is 2.09. The summed E-state index contributed by atoms with van der Waals surface area (Å²) in [5, 5.41) is 0. The quantitative estimate of drug-likeness (QED) is 0.283. The molecule has 0 aliphatic rings. The summed E-state index contributed by atoms with van der Waals surface area (Å²) in [7, 11) is 5.12. The number of benzene rings is 3. The van der Waals surface area contributed by atoms with Crippen molar-refractivity contribution < 1.29 is 9.47 Å². The second-order valence-corrected chi connectivity index (χ2v) is 7.37. The van der Waals surface area contributed by atoms with Crippen molar-refractivity contribution in [3.63, 3.8) is 0 Å².